The number of nitrogens with one attached hydrogen (secondary N) is 1. The number of aryl methyl sites for hydroxylation is 1. The standard InChI is InChI=1S/C25H29N3O2/c1-5-30-18(3)21-14-17(2)15-24-23(21)16-22(25(29)26-24)19-6-8-20(9-7-19)28-12-10-27(4)11-13-28/h6-9,14-16H,3,5,10-13H2,1-2,4H3,(H,26,29). The zero-order chi connectivity index (χ0) is 21.3. The van der Waals surface area contributed by atoms with Crippen LogP contribution in [0.4, 0.5) is 5.69 Å². The van der Waals surface area contributed by atoms with E-state index in [1.54, 1.807) is 0 Å². The number of benzene rings is 2. The highest BCUT2D eigenvalue weighted by atomic mass is 16.5. The summed E-state index contributed by atoms with van der Waals surface area (Å²) in [6.45, 7) is 12.8. The normalized spacial score (nSPS) is 14.8. The topological polar surface area (TPSA) is 48.6 Å². The first-order valence-corrected chi connectivity index (χ1v) is 10.5. The molecular formula is C25H29N3O2. The van der Waals surface area contributed by atoms with Gasteiger partial charge in [-0.05, 0) is 62.4 Å². The molecule has 5 nitrogen and oxygen atoms in total. The first kappa shape index (κ1) is 20.2. The third-order valence-electron chi connectivity index (χ3n) is 5.77. The minimum atomic E-state index is -0.0894. The molecule has 0 saturated carbocycles. The van der Waals surface area contributed by atoms with E-state index in [4.69, 9.17) is 4.74 Å². The summed E-state index contributed by atoms with van der Waals surface area (Å²) >= 11 is 0. The monoisotopic (exact) mass is 403 g/mol. The number of H-pyrrole nitrogens is 1. The van der Waals surface area contributed by atoms with Crippen LogP contribution in [-0.2, 0) is 4.74 Å². The molecule has 1 fully saturated rings. The zero-order valence-electron chi connectivity index (χ0n) is 18.0. The Morgan fingerprint density at radius 1 is 1.10 bits per heavy atom. The quantitative estimate of drug-likeness (QED) is 0.647. The maximum Gasteiger partial charge on any atom is 0.256 e. The summed E-state index contributed by atoms with van der Waals surface area (Å²) < 4.78 is 5.66. The van der Waals surface area contributed by atoms with Gasteiger partial charge in [-0.15, -0.1) is 0 Å². The molecule has 0 unspecified atom stereocenters. The second kappa shape index (κ2) is 8.36. The van der Waals surface area contributed by atoms with Gasteiger partial charge < -0.3 is 19.5 Å². The lowest BCUT2D eigenvalue weighted by atomic mass is 9.99. The predicted molar refractivity (Wildman–Crippen MR) is 125 cm³/mol. The molecule has 1 aromatic heterocycles. The Labute approximate surface area is 177 Å². The minimum absolute atomic E-state index is 0.0894. The summed E-state index contributed by atoms with van der Waals surface area (Å²) in [6, 6.07) is 14.3. The summed E-state index contributed by atoms with van der Waals surface area (Å²) in [4.78, 5) is 20.6. The summed E-state index contributed by atoms with van der Waals surface area (Å²) in [6.07, 6.45) is 0. The number of pyridine rings is 1. The Bertz CT molecular complexity index is 1120. The fourth-order valence-corrected chi connectivity index (χ4v) is 4.07. The molecule has 0 radical (unpaired) electrons. The summed E-state index contributed by atoms with van der Waals surface area (Å²) in [5.74, 6) is 0.620. The van der Waals surface area contributed by atoms with Crippen LogP contribution in [0.5, 0.6) is 0 Å². The fourth-order valence-electron chi connectivity index (χ4n) is 4.07. The maximum absolute atomic E-state index is 12.8. The van der Waals surface area contributed by atoms with Crippen molar-refractivity contribution < 1.29 is 4.74 Å². The first-order chi connectivity index (χ1) is 14.5. The lowest BCUT2D eigenvalue weighted by molar-refractivity contribution is 0.299. The van der Waals surface area contributed by atoms with E-state index in [9.17, 15) is 4.79 Å². The van der Waals surface area contributed by atoms with E-state index in [-0.39, 0.29) is 5.56 Å². The van der Waals surface area contributed by atoms with Crippen LogP contribution in [0.25, 0.3) is 27.8 Å². The second-order valence-corrected chi connectivity index (χ2v) is 7.98. The predicted octanol–water partition coefficient (Wildman–Crippen LogP) is 4.26. The summed E-state index contributed by atoms with van der Waals surface area (Å²) in [5, 5.41) is 0.941. The van der Waals surface area contributed by atoms with Gasteiger partial charge in [-0.25, -0.2) is 0 Å². The molecule has 1 aliphatic heterocycles. The van der Waals surface area contributed by atoms with E-state index < -0.39 is 0 Å². The van der Waals surface area contributed by atoms with Crippen molar-refractivity contribution in [1.29, 1.82) is 0 Å². The van der Waals surface area contributed by atoms with Crippen molar-refractivity contribution in [2.45, 2.75) is 13.8 Å². The van der Waals surface area contributed by atoms with E-state index in [1.807, 2.05) is 38.1 Å². The van der Waals surface area contributed by atoms with Gasteiger partial charge in [0.05, 0.1) is 6.61 Å². The van der Waals surface area contributed by atoms with Crippen molar-refractivity contribution in [3.05, 3.63) is 70.5 Å². The average Bonchev–Trinajstić information content (AvgIpc) is 2.73. The lowest BCUT2D eigenvalue weighted by Gasteiger charge is -2.34. The Balaban J connectivity index is 1.72. The molecule has 3 aromatic rings. The molecule has 30 heavy (non-hydrogen) atoms. The minimum Gasteiger partial charge on any atom is -0.494 e. The lowest BCUT2D eigenvalue weighted by Crippen LogP contribution is -2.44. The van der Waals surface area contributed by atoms with Gasteiger partial charge >= 0.3 is 0 Å². The van der Waals surface area contributed by atoms with Crippen molar-refractivity contribution in [3.8, 4) is 11.1 Å². The molecule has 2 heterocycles. The number of aromatic nitrogens is 1. The molecule has 5 heteroatoms. The molecule has 1 saturated heterocycles. The number of piperazine rings is 1. The van der Waals surface area contributed by atoms with Gasteiger partial charge in [0.15, 0.2) is 0 Å². The smallest absolute Gasteiger partial charge is 0.256 e. The highest BCUT2D eigenvalue weighted by Gasteiger charge is 2.15. The van der Waals surface area contributed by atoms with E-state index in [2.05, 4.69) is 46.6 Å². The molecular weight excluding hydrogens is 374 g/mol. The SMILES string of the molecule is C=C(OCC)c1cc(C)cc2[nH]c(=O)c(-c3ccc(N4CCN(C)CC4)cc3)cc12. The van der Waals surface area contributed by atoms with Gasteiger partial charge in [0.25, 0.3) is 5.56 Å². The highest BCUT2D eigenvalue weighted by Crippen LogP contribution is 2.29. The van der Waals surface area contributed by atoms with Gasteiger partial charge in [-0.2, -0.15) is 0 Å². The molecule has 156 valence electrons. The molecule has 0 amide bonds. The fraction of sp³-hybridized carbons (Fsp3) is 0.320. The Hall–Kier alpha value is -3.05. The molecule has 0 spiro atoms. The second-order valence-electron chi connectivity index (χ2n) is 7.98. The third kappa shape index (κ3) is 3.98. The van der Waals surface area contributed by atoms with Crippen LogP contribution in [0.2, 0.25) is 0 Å². The largest absolute Gasteiger partial charge is 0.494 e. The molecule has 0 aliphatic carbocycles. The Morgan fingerprint density at radius 3 is 2.47 bits per heavy atom. The summed E-state index contributed by atoms with van der Waals surface area (Å²) in [7, 11) is 2.16. The molecule has 1 aliphatic rings. The van der Waals surface area contributed by atoms with Crippen LogP contribution in [0.1, 0.15) is 18.1 Å². The number of likely N-dealkylation sites (N-methyl/N-ethyl adjacent to an activating group) is 1. The van der Waals surface area contributed by atoms with E-state index in [1.165, 1.54) is 5.69 Å². The van der Waals surface area contributed by atoms with E-state index in [0.29, 0.717) is 17.9 Å². The van der Waals surface area contributed by atoms with Crippen molar-refractivity contribution in [1.82, 2.24) is 9.88 Å². The van der Waals surface area contributed by atoms with Crippen molar-refractivity contribution in [2.75, 3.05) is 44.7 Å². The van der Waals surface area contributed by atoms with E-state index >= 15 is 0 Å². The van der Waals surface area contributed by atoms with Gasteiger partial charge in [-0.1, -0.05) is 18.7 Å². The number of aromatic amines is 1. The highest BCUT2D eigenvalue weighted by molar-refractivity contribution is 5.93. The number of anilines is 1. The molecule has 4 rings (SSSR count). The average molecular weight is 404 g/mol. The van der Waals surface area contributed by atoms with Gasteiger partial charge in [0.2, 0.25) is 0 Å². The van der Waals surface area contributed by atoms with Crippen LogP contribution in [-0.4, -0.2) is 49.7 Å². The number of hydrogen-bond donors (Lipinski definition) is 1. The number of rotatable bonds is 5. The molecule has 1 N–H and O–H groups in total. The number of nitrogens with zero attached hydrogens (tertiary/aromatic N) is 2. The van der Waals surface area contributed by atoms with E-state index in [0.717, 1.165) is 53.8 Å². The molecule has 2 aromatic carbocycles. The number of fused-ring (bicyclic) bond motifs is 1. The molecule has 0 bridgehead atoms. The van der Waals surface area contributed by atoms with Crippen molar-refractivity contribution in [3.63, 3.8) is 0 Å². The van der Waals surface area contributed by atoms with Crippen LogP contribution >= 0.6 is 0 Å². The van der Waals surface area contributed by atoms with Crippen molar-refractivity contribution in [2.24, 2.45) is 0 Å². The maximum atomic E-state index is 12.8. The summed E-state index contributed by atoms with van der Waals surface area (Å²) in [5.41, 5.74) is 5.44. The number of ether oxygens (including phenoxy) is 1. The Kier molecular flexibility index (Phi) is 5.64. The first-order valence-electron chi connectivity index (χ1n) is 10.5. The zero-order valence-corrected chi connectivity index (χ0v) is 18.0. The van der Waals surface area contributed by atoms with Crippen LogP contribution in [0.3, 0.4) is 0 Å². The van der Waals surface area contributed by atoms with Gasteiger partial charge in [0, 0.05) is 53.9 Å². The van der Waals surface area contributed by atoms with Crippen molar-refractivity contribution >= 4 is 22.3 Å². The number of hydrogen-bond acceptors (Lipinski definition) is 4. The van der Waals surface area contributed by atoms with Crippen LogP contribution < -0.4 is 10.5 Å². The van der Waals surface area contributed by atoms with Gasteiger partial charge in [-0.3, -0.25) is 4.79 Å². The van der Waals surface area contributed by atoms with Gasteiger partial charge in [0.1, 0.15) is 5.76 Å². The third-order valence-corrected chi connectivity index (χ3v) is 5.77. The molecule has 0 atom stereocenters. The van der Waals surface area contributed by atoms with Crippen LogP contribution in [0, 0.1) is 6.92 Å². The Morgan fingerprint density at radius 2 is 1.80 bits per heavy atom. The van der Waals surface area contributed by atoms with Crippen LogP contribution in [0.15, 0.2) is 53.8 Å².